The molecule has 0 saturated carbocycles. The molecule has 108 valence electrons. The lowest BCUT2D eigenvalue weighted by atomic mass is 10.3. The first-order chi connectivity index (χ1) is 9.40. The maximum absolute atomic E-state index is 6.18. The van der Waals surface area contributed by atoms with Crippen LogP contribution in [0, 0.1) is 13.8 Å². The number of pyridine rings is 1. The number of nitrogens with two attached hydrogens (primary N) is 1. The van der Waals surface area contributed by atoms with Gasteiger partial charge in [-0.25, -0.2) is 4.68 Å². The van der Waals surface area contributed by atoms with E-state index in [1.165, 1.54) is 0 Å². The molecule has 0 spiro atoms. The Kier molecular flexibility index (Phi) is 3.97. The number of anilines is 2. The molecule has 2 N–H and O–H groups in total. The highest BCUT2D eigenvalue weighted by molar-refractivity contribution is 5.66. The third-order valence-electron chi connectivity index (χ3n) is 3.30. The third-order valence-corrected chi connectivity index (χ3v) is 3.30. The van der Waals surface area contributed by atoms with Crippen molar-refractivity contribution in [3.05, 3.63) is 35.3 Å². The fourth-order valence-corrected chi connectivity index (χ4v) is 2.29. The second kappa shape index (κ2) is 5.53. The highest BCUT2D eigenvalue weighted by Crippen LogP contribution is 2.29. The minimum atomic E-state index is 0.272. The minimum absolute atomic E-state index is 0.272. The van der Waals surface area contributed by atoms with E-state index in [0.717, 1.165) is 28.6 Å². The van der Waals surface area contributed by atoms with Gasteiger partial charge < -0.3 is 10.6 Å². The van der Waals surface area contributed by atoms with E-state index in [9.17, 15) is 0 Å². The molecule has 5 nitrogen and oxygen atoms in total. The zero-order valence-electron chi connectivity index (χ0n) is 12.9. The highest BCUT2D eigenvalue weighted by atomic mass is 15.4. The number of rotatable bonds is 4. The number of hydrogen-bond acceptors (Lipinski definition) is 4. The predicted octanol–water partition coefficient (Wildman–Crippen LogP) is 2.69. The average Bonchev–Trinajstić information content (AvgIpc) is 2.66. The Labute approximate surface area is 120 Å². The van der Waals surface area contributed by atoms with Gasteiger partial charge in [0.05, 0.1) is 23.6 Å². The Bertz CT molecular complexity index is 600. The molecule has 5 heteroatoms. The van der Waals surface area contributed by atoms with Gasteiger partial charge in [-0.1, -0.05) is 6.07 Å². The summed E-state index contributed by atoms with van der Waals surface area (Å²) >= 11 is 0. The Morgan fingerprint density at radius 1 is 1.30 bits per heavy atom. The minimum Gasteiger partial charge on any atom is -0.394 e. The lowest BCUT2D eigenvalue weighted by molar-refractivity contribution is 0.525. The summed E-state index contributed by atoms with van der Waals surface area (Å²) in [5.74, 6) is 0.959. The normalized spacial score (nSPS) is 11.1. The van der Waals surface area contributed by atoms with Gasteiger partial charge in [0.25, 0.3) is 0 Å². The van der Waals surface area contributed by atoms with E-state index in [-0.39, 0.29) is 6.04 Å². The van der Waals surface area contributed by atoms with Crippen molar-refractivity contribution in [1.29, 1.82) is 0 Å². The summed E-state index contributed by atoms with van der Waals surface area (Å²) in [6.07, 6.45) is 0. The van der Waals surface area contributed by atoms with Crippen LogP contribution in [-0.4, -0.2) is 21.8 Å². The fourth-order valence-electron chi connectivity index (χ4n) is 2.29. The van der Waals surface area contributed by atoms with Gasteiger partial charge in [-0.3, -0.25) is 4.98 Å². The molecule has 0 aliphatic carbocycles. The van der Waals surface area contributed by atoms with Crippen molar-refractivity contribution in [2.24, 2.45) is 0 Å². The van der Waals surface area contributed by atoms with Crippen LogP contribution in [0.3, 0.4) is 0 Å². The Balaban J connectivity index is 2.31. The van der Waals surface area contributed by atoms with Crippen LogP contribution in [0.25, 0.3) is 0 Å². The average molecular weight is 273 g/mol. The number of hydrogen-bond donors (Lipinski definition) is 1. The van der Waals surface area contributed by atoms with Crippen LogP contribution in [0.5, 0.6) is 0 Å². The number of aryl methyl sites for hydroxylation is 2. The van der Waals surface area contributed by atoms with Gasteiger partial charge >= 0.3 is 0 Å². The smallest absolute Gasteiger partial charge is 0.151 e. The number of aromatic nitrogens is 3. The molecule has 0 fully saturated rings. The topological polar surface area (TPSA) is 60.0 Å². The predicted molar refractivity (Wildman–Crippen MR) is 82.8 cm³/mol. The molecule has 0 bridgehead atoms. The molecule has 0 unspecified atom stereocenters. The van der Waals surface area contributed by atoms with E-state index in [0.29, 0.717) is 6.54 Å². The molecule has 0 aromatic carbocycles. The van der Waals surface area contributed by atoms with E-state index in [1.54, 1.807) is 0 Å². The molecule has 0 aliphatic heterocycles. The van der Waals surface area contributed by atoms with E-state index in [2.05, 4.69) is 28.8 Å². The monoisotopic (exact) mass is 273 g/mol. The first kappa shape index (κ1) is 14.4. The lowest BCUT2D eigenvalue weighted by Crippen LogP contribution is -2.22. The number of nitrogens with zero attached hydrogens (tertiary/aromatic N) is 4. The molecule has 0 amide bonds. The van der Waals surface area contributed by atoms with E-state index < -0.39 is 0 Å². The molecule has 0 saturated heterocycles. The molecule has 2 rings (SSSR count). The molecule has 2 aromatic rings. The van der Waals surface area contributed by atoms with Gasteiger partial charge in [0.15, 0.2) is 5.82 Å². The second-order valence-corrected chi connectivity index (χ2v) is 5.49. The van der Waals surface area contributed by atoms with Crippen molar-refractivity contribution in [2.45, 2.75) is 40.3 Å². The van der Waals surface area contributed by atoms with Gasteiger partial charge in [-0.2, -0.15) is 5.10 Å². The summed E-state index contributed by atoms with van der Waals surface area (Å²) in [6.45, 7) is 8.86. The first-order valence-corrected chi connectivity index (χ1v) is 6.88. The standard InChI is InChI=1S/C15H23N5/c1-10(2)20-15(14(16)12(4)18-20)19(5)9-13-8-6-7-11(3)17-13/h6-8,10H,9,16H2,1-5H3. The molecule has 2 heterocycles. The van der Waals surface area contributed by atoms with Crippen LogP contribution in [-0.2, 0) is 6.54 Å². The maximum atomic E-state index is 6.18. The van der Waals surface area contributed by atoms with Gasteiger partial charge in [-0.05, 0) is 39.8 Å². The summed E-state index contributed by atoms with van der Waals surface area (Å²) in [6, 6.07) is 6.33. The Hall–Kier alpha value is -2.04. The van der Waals surface area contributed by atoms with Crippen molar-refractivity contribution < 1.29 is 0 Å². The highest BCUT2D eigenvalue weighted by Gasteiger charge is 2.18. The zero-order valence-corrected chi connectivity index (χ0v) is 12.9. The quantitative estimate of drug-likeness (QED) is 0.930. The van der Waals surface area contributed by atoms with Crippen LogP contribution in [0.2, 0.25) is 0 Å². The lowest BCUT2D eigenvalue weighted by Gasteiger charge is -2.22. The molecule has 0 atom stereocenters. The van der Waals surface area contributed by atoms with Crippen molar-refractivity contribution in [3.8, 4) is 0 Å². The molecular weight excluding hydrogens is 250 g/mol. The van der Waals surface area contributed by atoms with Crippen LogP contribution < -0.4 is 10.6 Å². The molecule has 2 aromatic heterocycles. The van der Waals surface area contributed by atoms with Crippen molar-refractivity contribution in [1.82, 2.24) is 14.8 Å². The number of nitrogen functional groups attached to an aromatic ring is 1. The van der Waals surface area contributed by atoms with E-state index in [1.807, 2.05) is 43.8 Å². The Morgan fingerprint density at radius 3 is 2.60 bits per heavy atom. The van der Waals surface area contributed by atoms with Crippen molar-refractivity contribution >= 4 is 11.5 Å². The second-order valence-electron chi connectivity index (χ2n) is 5.49. The first-order valence-electron chi connectivity index (χ1n) is 6.88. The summed E-state index contributed by atoms with van der Waals surface area (Å²) in [7, 11) is 2.02. The molecule has 20 heavy (non-hydrogen) atoms. The maximum Gasteiger partial charge on any atom is 0.151 e. The van der Waals surface area contributed by atoms with Crippen LogP contribution in [0.4, 0.5) is 11.5 Å². The fraction of sp³-hybridized carbons (Fsp3) is 0.467. The van der Waals surface area contributed by atoms with Crippen molar-refractivity contribution in [3.63, 3.8) is 0 Å². The van der Waals surface area contributed by atoms with Crippen LogP contribution in [0.15, 0.2) is 18.2 Å². The Morgan fingerprint density at radius 2 is 2.00 bits per heavy atom. The van der Waals surface area contributed by atoms with E-state index >= 15 is 0 Å². The van der Waals surface area contributed by atoms with Gasteiger partial charge in [-0.15, -0.1) is 0 Å². The van der Waals surface area contributed by atoms with Crippen LogP contribution >= 0.6 is 0 Å². The van der Waals surface area contributed by atoms with Gasteiger partial charge in [0.2, 0.25) is 0 Å². The zero-order chi connectivity index (χ0) is 14.9. The SMILES string of the molecule is Cc1cccc(CN(C)c2c(N)c(C)nn2C(C)C)n1. The van der Waals surface area contributed by atoms with Crippen molar-refractivity contribution in [2.75, 3.05) is 17.7 Å². The molecule has 0 aliphatic rings. The third kappa shape index (κ3) is 2.76. The molecule has 0 radical (unpaired) electrons. The van der Waals surface area contributed by atoms with E-state index in [4.69, 9.17) is 5.73 Å². The summed E-state index contributed by atoms with van der Waals surface area (Å²) in [4.78, 5) is 6.65. The molecular formula is C15H23N5. The largest absolute Gasteiger partial charge is 0.394 e. The summed E-state index contributed by atoms with van der Waals surface area (Å²) in [5.41, 5.74) is 9.85. The van der Waals surface area contributed by atoms with Gasteiger partial charge in [0.1, 0.15) is 0 Å². The summed E-state index contributed by atoms with van der Waals surface area (Å²) in [5, 5.41) is 4.52. The van der Waals surface area contributed by atoms with Gasteiger partial charge in [0, 0.05) is 18.8 Å². The summed E-state index contributed by atoms with van der Waals surface area (Å²) < 4.78 is 1.97. The van der Waals surface area contributed by atoms with Crippen LogP contribution in [0.1, 0.15) is 37.0 Å².